The minimum atomic E-state index is -0.550. The lowest BCUT2D eigenvalue weighted by Crippen LogP contribution is -2.56. The molecule has 1 aliphatic heterocycles. The molecule has 1 aromatic heterocycles. The number of carbonyl (C=O) groups is 3. The third kappa shape index (κ3) is 6.77. The van der Waals surface area contributed by atoms with Gasteiger partial charge in [-0.2, -0.15) is 0 Å². The van der Waals surface area contributed by atoms with Crippen LogP contribution in [0.3, 0.4) is 0 Å². The van der Waals surface area contributed by atoms with Crippen molar-refractivity contribution in [2.75, 3.05) is 39.5 Å². The molecule has 1 fully saturated rings. The Morgan fingerprint density at radius 2 is 2.00 bits per heavy atom. The fraction of sp³-hybridized carbons (Fsp3) is 0.520. The first-order valence-corrected chi connectivity index (χ1v) is 13.5. The molecule has 200 valence electrons. The Morgan fingerprint density at radius 1 is 1.22 bits per heavy atom. The molecule has 4 rings (SSSR count). The number of nitrogens with one attached hydrogen (secondary N) is 3. The van der Waals surface area contributed by atoms with Gasteiger partial charge in [-0.25, -0.2) is 9.37 Å². The summed E-state index contributed by atoms with van der Waals surface area (Å²) in [5.41, 5.74) is 1.13. The number of rotatable bonds is 7. The highest BCUT2D eigenvalue weighted by atomic mass is 35.5. The second-order valence-electron chi connectivity index (χ2n) is 9.85. The first kappa shape index (κ1) is 27.3. The van der Waals surface area contributed by atoms with Gasteiger partial charge in [0.15, 0.2) is 5.01 Å². The van der Waals surface area contributed by atoms with Gasteiger partial charge in [-0.05, 0) is 44.5 Å². The summed E-state index contributed by atoms with van der Waals surface area (Å²) in [5, 5.41) is 9.44. The Morgan fingerprint density at radius 3 is 2.73 bits per heavy atom. The normalized spacial score (nSPS) is 21.6. The van der Waals surface area contributed by atoms with Crippen molar-refractivity contribution in [3.8, 4) is 0 Å². The van der Waals surface area contributed by atoms with Crippen molar-refractivity contribution in [1.82, 2.24) is 25.4 Å². The van der Waals surface area contributed by atoms with Crippen molar-refractivity contribution in [3.05, 3.63) is 44.6 Å². The van der Waals surface area contributed by atoms with E-state index in [9.17, 15) is 18.8 Å². The number of likely N-dealkylation sites (N-methyl/N-ethyl adjacent to an activating group) is 1. The Bertz CT molecular complexity index is 1180. The fourth-order valence-electron chi connectivity index (χ4n) is 4.81. The van der Waals surface area contributed by atoms with Gasteiger partial charge in [-0.1, -0.05) is 11.6 Å². The van der Waals surface area contributed by atoms with Crippen molar-refractivity contribution in [1.29, 1.82) is 0 Å². The molecule has 9 nitrogen and oxygen atoms in total. The van der Waals surface area contributed by atoms with Gasteiger partial charge in [0, 0.05) is 55.5 Å². The van der Waals surface area contributed by atoms with E-state index < -0.39 is 11.9 Å². The maximum absolute atomic E-state index is 14.0. The van der Waals surface area contributed by atoms with Crippen molar-refractivity contribution >= 4 is 46.3 Å². The van der Waals surface area contributed by atoms with Crippen LogP contribution in [0, 0.1) is 11.7 Å². The minimum absolute atomic E-state index is 0.00310. The minimum Gasteiger partial charge on any atom is -0.374 e. The number of carbonyl (C=O) groups excluding carboxylic acids is 3. The Balaban J connectivity index is 1.43. The van der Waals surface area contributed by atoms with E-state index in [0.29, 0.717) is 24.3 Å². The molecule has 1 aromatic carbocycles. The quantitative estimate of drug-likeness (QED) is 0.489. The maximum Gasteiger partial charge on any atom is 0.280 e. The van der Waals surface area contributed by atoms with Gasteiger partial charge in [-0.3, -0.25) is 14.4 Å². The lowest BCUT2D eigenvalue weighted by Gasteiger charge is -2.37. The number of thiazole rings is 1. The standard InChI is InChI=1S/C25H32ClFN6O3S/c1-32(2)25(36)14-4-6-18(29-22(34)12-28-17-7-5-15(26)11-16(17)27)20(10-14)30-23(35)24-31-19-8-9-33(3)13-21(19)37-24/h5,7,11,14,18,20,28H,4,6,8-10,12-13H2,1-3H3,(H,29,34)(H,30,35)/t14-,18-,20+/m0/s1. The van der Waals surface area contributed by atoms with Gasteiger partial charge in [-0.15, -0.1) is 11.3 Å². The topological polar surface area (TPSA) is 107 Å². The first-order valence-electron chi connectivity index (χ1n) is 12.3. The SMILES string of the molecule is CN1CCc2nc(C(=O)N[C@@H]3C[C@@H](C(=O)N(C)C)CC[C@@H]3NC(=O)CNc3ccc(Cl)cc3F)sc2C1. The van der Waals surface area contributed by atoms with E-state index in [-0.39, 0.29) is 46.9 Å². The zero-order valence-electron chi connectivity index (χ0n) is 21.1. The van der Waals surface area contributed by atoms with E-state index in [1.165, 1.54) is 29.5 Å². The monoisotopic (exact) mass is 550 g/mol. The predicted octanol–water partition coefficient (Wildman–Crippen LogP) is 2.51. The zero-order chi connectivity index (χ0) is 26.7. The highest BCUT2D eigenvalue weighted by Crippen LogP contribution is 2.28. The van der Waals surface area contributed by atoms with E-state index in [2.05, 4.69) is 25.8 Å². The molecular formula is C25H32ClFN6O3S. The molecule has 1 aliphatic carbocycles. The van der Waals surface area contributed by atoms with Gasteiger partial charge in [0.05, 0.1) is 24.0 Å². The van der Waals surface area contributed by atoms with Crippen LogP contribution >= 0.6 is 22.9 Å². The summed E-state index contributed by atoms with van der Waals surface area (Å²) in [6.45, 7) is 1.52. The molecule has 0 saturated heterocycles. The Labute approximate surface area is 224 Å². The van der Waals surface area contributed by atoms with E-state index in [1.807, 2.05) is 7.05 Å². The molecule has 2 heterocycles. The molecule has 37 heavy (non-hydrogen) atoms. The van der Waals surface area contributed by atoms with E-state index >= 15 is 0 Å². The molecule has 2 aliphatic rings. The Hall–Kier alpha value is -2.76. The largest absolute Gasteiger partial charge is 0.374 e. The van der Waals surface area contributed by atoms with Gasteiger partial charge >= 0.3 is 0 Å². The average Bonchev–Trinajstić information content (AvgIpc) is 3.27. The number of halogens is 2. The van der Waals surface area contributed by atoms with E-state index in [1.54, 1.807) is 19.0 Å². The molecule has 0 spiro atoms. The predicted molar refractivity (Wildman–Crippen MR) is 141 cm³/mol. The number of hydrogen-bond acceptors (Lipinski definition) is 7. The van der Waals surface area contributed by atoms with Crippen LogP contribution in [0.15, 0.2) is 18.2 Å². The molecule has 3 N–H and O–H groups in total. The molecule has 3 atom stereocenters. The number of hydrogen-bond donors (Lipinski definition) is 3. The lowest BCUT2D eigenvalue weighted by molar-refractivity contribution is -0.134. The maximum atomic E-state index is 14.0. The highest BCUT2D eigenvalue weighted by Gasteiger charge is 2.37. The van der Waals surface area contributed by atoms with E-state index in [4.69, 9.17) is 11.6 Å². The molecular weight excluding hydrogens is 519 g/mol. The smallest absolute Gasteiger partial charge is 0.280 e. The van der Waals surface area contributed by atoms with Crippen LogP contribution in [0.5, 0.6) is 0 Å². The third-order valence-electron chi connectivity index (χ3n) is 6.79. The molecule has 12 heteroatoms. The van der Waals surface area contributed by atoms with Crippen LogP contribution in [0.25, 0.3) is 0 Å². The Kier molecular flexibility index (Phi) is 8.66. The van der Waals surface area contributed by atoms with Crippen LogP contribution in [0.2, 0.25) is 5.02 Å². The highest BCUT2D eigenvalue weighted by molar-refractivity contribution is 7.13. The molecule has 1 saturated carbocycles. The fourth-order valence-corrected chi connectivity index (χ4v) is 6.06. The zero-order valence-corrected chi connectivity index (χ0v) is 22.7. The lowest BCUT2D eigenvalue weighted by atomic mass is 9.81. The van der Waals surface area contributed by atoms with Crippen LogP contribution in [0.4, 0.5) is 10.1 Å². The number of anilines is 1. The summed E-state index contributed by atoms with van der Waals surface area (Å²) >= 11 is 7.17. The van der Waals surface area contributed by atoms with E-state index in [0.717, 1.165) is 30.1 Å². The van der Waals surface area contributed by atoms with Gasteiger partial charge in [0.2, 0.25) is 11.8 Å². The van der Waals surface area contributed by atoms with Crippen molar-refractivity contribution in [3.63, 3.8) is 0 Å². The van der Waals surface area contributed by atoms with Crippen molar-refractivity contribution in [2.24, 2.45) is 5.92 Å². The summed E-state index contributed by atoms with van der Waals surface area (Å²) in [6.07, 6.45) is 2.32. The van der Waals surface area contributed by atoms with Crippen molar-refractivity contribution < 1.29 is 18.8 Å². The molecule has 2 aromatic rings. The number of aromatic nitrogens is 1. The molecule has 3 amide bonds. The summed E-state index contributed by atoms with van der Waals surface area (Å²) in [4.78, 5) is 48.0. The number of nitrogens with zero attached hydrogens (tertiary/aromatic N) is 3. The molecule has 0 bridgehead atoms. The average molecular weight is 551 g/mol. The van der Waals surface area contributed by atoms with Crippen molar-refractivity contribution in [2.45, 2.75) is 44.3 Å². The number of fused-ring (bicyclic) bond motifs is 1. The van der Waals surface area contributed by atoms with Gasteiger partial charge in [0.1, 0.15) is 5.82 Å². The van der Waals surface area contributed by atoms with Gasteiger partial charge < -0.3 is 25.8 Å². The summed E-state index contributed by atoms with van der Waals surface area (Å²) in [6, 6.07) is 3.35. The second-order valence-corrected chi connectivity index (χ2v) is 11.4. The second kappa shape index (κ2) is 11.7. The van der Waals surface area contributed by atoms with Gasteiger partial charge in [0.25, 0.3) is 5.91 Å². The first-order chi connectivity index (χ1) is 17.6. The van der Waals surface area contributed by atoms with Crippen LogP contribution in [-0.2, 0) is 22.6 Å². The molecule has 0 unspecified atom stereocenters. The van der Waals surface area contributed by atoms with Crippen LogP contribution in [-0.4, -0.2) is 78.8 Å². The summed E-state index contributed by atoms with van der Waals surface area (Å²) in [5.74, 6) is -1.45. The summed E-state index contributed by atoms with van der Waals surface area (Å²) in [7, 11) is 5.46. The third-order valence-corrected chi connectivity index (χ3v) is 8.11. The number of benzene rings is 1. The number of amides is 3. The van der Waals surface area contributed by atoms with Crippen LogP contribution in [0.1, 0.15) is 39.6 Å². The summed E-state index contributed by atoms with van der Waals surface area (Å²) < 4.78 is 14.0. The molecule has 0 radical (unpaired) electrons. The van der Waals surface area contributed by atoms with Crippen LogP contribution < -0.4 is 16.0 Å².